The highest BCUT2D eigenvalue weighted by Gasteiger charge is 2.33. The Kier molecular flexibility index (Phi) is 6.20. The maximum absolute atomic E-state index is 12.6. The standard InChI is InChI=1S/C18H19BrO5/c1-4-9-24-18(21)14-12-8-6-7-11(19)10-13(12)15(17(20)22-3)16(14)23-5-2/h6-8,10H,4-5,9H2,1-3H3. The largest absolute Gasteiger partial charge is 0.492 e. The maximum Gasteiger partial charge on any atom is 0.342 e. The van der Waals surface area contributed by atoms with Crippen LogP contribution in [0, 0.1) is 0 Å². The summed E-state index contributed by atoms with van der Waals surface area (Å²) in [6, 6.07) is 7.14. The second-order valence-corrected chi connectivity index (χ2v) is 5.94. The lowest BCUT2D eigenvalue weighted by Gasteiger charge is -2.08. The molecule has 2 aliphatic rings. The quantitative estimate of drug-likeness (QED) is 0.683. The van der Waals surface area contributed by atoms with E-state index in [0.717, 1.165) is 4.47 Å². The zero-order chi connectivity index (χ0) is 17.7. The van der Waals surface area contributed by atoms with Gasteiger partial charge >= 0.3 is 11.9 Å². The van der Waals surface area contributed by atoms with Crippen LogP contribution in [0.25, 0.3) is 11.1 Å². The van der Waals surface area contributed by atoms with E-state index in [4.69, 9.17) is 14.2 Å². The first kappa shape index (κ1) is 18.3. The van der Waals surface area contributed by atoms with Crippen molar-refractivity contribution in [1.82, 2.24) is 0 Å². The number of esters is 2. The first-order chi connectivity index (χ1) is 11.5. The van der Waals surface area contributed by atoms with Crippen molar-refractivity contribution in [3.05, 3.63) is 39.9 Å². The van der Waals surface area contributed by atoms with E-state index in [1.807, 2.05) is 13.0 Å². The van der Waals surface area contributed by atoms with Gasteiger partial charge in [0.15, 0.2) is 0 Å². The van der Waals surface area contributed by atoms with Gasteiger partial charge in [-0.1, -0.05) is 35.0 Å². The maximum atomic E-state index is 12.6. The molecule has 0 spiro atoms. The lowest BCUT2D eigenvalue weighted by atomic mass is 10.1. The Morgan fingerprint density at radius 2 is 1.79 bits per heavy atom. The second-order valence-electron chi connectivity index (χ2n) is 5.02. The monoisotopic (exact) mass is 394 g/mol. The number of halogens is 1. The summed E-state index contributed by atoms with van der Waals surface area (Å²) in [5.41, 5.74) is 1.65. The van der Waals surface area contributed by atoms with Crippen LogP contribution in [-0.4, -0.2) is 32.3 Å². The molecule has 0 bridgehead atoms. The second kappa shape index (κ2) is 8.15. The number of carbonyl (C=O) groups excluding carboxylic acids is 2. The lowest BCUT2D eigenvalue weighted by Crippen LogP contribution is -2.09. The minimum absolute atomic E-state index is 0.207. The van der Waals surface area contributed by atoms with E-state index in [9.17, 15) is 9.59 Å². The van der Waals surface area contributed by atoms with Gasteiger partial charge in [-0.25, -0.2) is 9.59 Å². The van der Waals surface area contributed by atoms with Crippen LogP contribution < -0.4 is 4.74 Å². The Balaban J connectivity index is 2.77. The molecular formula is C18H19BrO5. The highest BCUT2D eigenvalue weighted by molar-refractivity contribution is 9.10. The van der Waals surface area contributed by atoms with Crippen molar-refractivity contribution in [3.8, 4) is 16.9 Å². The molecule has 2 rings (SSSR count). The third-order valence-corrected chi connectivity index (χ3v) is 3.90. The molecule has 0 N–H and O–H groups in total. The molecule has 0 aromatic carbocycles. The van der Waals surface area contributed by atoms with Gasteiger partial charge in [-0.05, 0) is 25.5 Å². The molecule has 0 atom stereocenters. The van der Waals surface area contributed by atoms with E-state index in [2.05, 4.69) is 15.9 Å². The fraction of sp³-hybridized carbons (Fsp3) is 0.333. The van der Waals surface area contributed by atoms with Gasteiger partial charge in [-0.3, -0.25) is 0 Å². The summed E-state index contributed by atoms with van der Waals surface area (Å²) in [6.07, 6.45) is 0.706. The van der Waals surface area contributed by atoms with Crippen LogP contribution in [0.3, 0.4) is 0 Å². The van der Waals surface area contributed by atoms with Crippen molar-refractivity contribution in [3.63, 3.8) is 0 Å². The first-order valence-corrected chi connectivity index (χ1v) is 8.47. The topological polar surface area (TPSA) is 61.8 Å². The van der Waals surface area contributed by atoms with Gasteiger partial charge in [0, 0.05) is 15.6 Å². The zero-order valence-corrected chi connectivity index (χ0v) is 15.4. The molecular weight excluding hydrogens is 376 g/mol. The number of ether oxygens (including phenoxy) is 3. The number of methoxy groups -OCH3 is 1. The van der Waals surface area contributed by atoms with Gasteiger partial charge in [0.1, 0.15) is 16.9 Å². The van der Waals surface area contributed by atoms with E-state index in [1.165, 1.54) is 7.11 Å². The molecule has 0 heterocycles. The highest BCUT2D eigenvalue weighted by Crippen LogP contribution is 2.43. The zero-order valence-electron chi connectivity index (χ0n) is 13.8. The summed E-state index contributed by atoms with van der Waals surface area (Å²) in [6.45, 7) is 4.31. The highest BCUT2D eigenvalue weighted by atomic mass is 79.9. The normalized spacial score (nSPS) is 10.5. The van der Waals surface area contributed by atoms with Crippen LogP contribution in [0.5, 0.6) is 5.75 Å². The average molecular weight is 395 g/mol. The van der Waals surface area contributed by atoms with Crippen LogP contribution in [0.1, 0.15) is 41.0 Å². The average Bonchev–Trinajstić information content (AvgIpc) is 2.72. The first-order valence-electron chi connectivity index (χ1n) is 7.68. The number of fused-ring (bicyclic) bond motifs is 1. The van der Waals surface area contributed by atoms with Gasteiger partial charge in [-0.15, -0.1) is 0 Å². The van der Waals surface area contributed by atoms with E-state index < -0.39 is 11.9 Å². The van der Waals surface area contributed by atoms with Gasteiger partial charge < -0.3 is 14.2 Å². The number of hydrogen-bond acceptors (Lipinski definition) is 5. The molecule has 0 aromatic heterocycles. The van der Waals surface area contributed by atoms with Crippen molar-refractivity contribution >= 4 is 27.9 Å². The Morgan fingerprint density at radius 1 is 1.08 bits per heavy atom. The van der Waals surface area contributed by atoms with Crippen molar-refractivity contribution in [2.45, 2.75) is 20.3 Å². The van der Waals surface area contributed by atoms with E-state index in [0.29, 0.717) is 30.8 Å². The predicted octanol–water partition coefficient (Wildman–Crippen LogP) is 4.31. The van der Waals surface area contributed by atoms with Gasteiger partial charge in [-0.2, -0.15) is 0 Å². The van der Waals surface area contributed by atoms with Gasteiger partial charge in [0.05, 0.1) is 20.3 Å². The Bertz CT molecular complexity index is 726. The third kappa shape index (κ3) is 3.53. The molecule has 5 nitrogen and oxygen atoms in total. The van der Waals surface area contributed by atoms with Crippen molar-refractivity contribution in [2.75, 3.05) is 20.3 Å². The summed E-state index contributed by atoms with van der Waals surface area (Å²) < 4.78 is 16.6. The van der Waals surface area contributed by atoms with E-state index >= 15 is 0 Å². The summed E-state index contributed by atoms with van der Waals surface area (Å²) in [5, 5.41) is 0. The molecule has 0 radical (unpaired) electrons. The minimum atomic E-state index is -0.559. The summed E-state index contributed by atoms with van der Waals surface area (Å²) >= 11 is 3.41. The molecule has 0 aromatic rings. The molecule has 0 aliphatic heterocycles. The minimum Gasteiger partial charge on any atom is -0.492 e. The van der Waals surface area contributed by atoms with Crippen LogP contribution in [0.4, 0.5) is 0 Å². The molecule has 2 aliphatic carbocycles. The number of rotatable bonds is 6. The predicted molar refractivity (Wildman–Crippen MR) is 93.8 cm³/mol. The molecule has 0 fully saturated rings. The van der Waals surface area contributed by atoms with Crippen LogP contribution >= 0.6 is 15.9 Å². The molecule has 0 saturated heterocycles. The summed E-state index contributed by atoms with van der Waals surface area (Å²) in [7, 11) is 1.30. The van der Waals surface area contributed by atoms with Crippen molar-refractivity contribution < 1.29 is 23.8 Å². The lowest BCUT2D eigenvalue weighted by molar-refractivity contribution is 0.0502. The molecule has 24 heavy (non-hydrogen) atoms. The van der Waals surface area contributed by atoms with Crippen molar-refractivity contribution in [1.29, 1.82) is 0 Å². The van der Waals surface area contributed by atoms with Gasteiger partial charge in [0.25, 0.3) is 0 Å². The molecule has 0 saturated carbocycles. The summed E-state index contributed by atoms with van der Waals surface area (Å²) in [4.78, 5) is 24.9. The molecule has 0 amide bonds. The summed E-state index contributed by atoms with van der Waals surface area (Å²) in [5.74, 6) is -0.863. The van der Waals surface area contributed by atoms with E-state index in [-0.39, 0.29) is 16.9 Å². The molecule has 6 heteroatoms. The van der Waals surface area contributed by atoms with Crippen LogP contribution in [-0.2, 0) is 9.47 Å². The fourth-order valence-electron chi connectivity index (χ4n) is 2.45. The third-order valence-electron chi connectivity index (χ3n) is 3.40. The SMILES string of the molecule is CCCOC(=O)c1c2cccc(Br)cc-2c(C(=O)OC)c1OCC. The van der Waals surface area contributed by atoms with Gasteiger partial charge in [0.2, 0.25) is 0 Å². The van der Waals surface area contributed by atoms with E-state index in [1.54, 1.807) is 25.1 Å². The van der Waals surface area contributed by atoms with Crippen molar-refractivity contribution in [2.24, 2.45) is 0 Å². The Morgan fingerprint density at radius 3 is 2.42 bits per heavy atom. The van der Waals surface area contributed by atoms with Crippen LogP contribution in [0.15, 0.2) is 28.7 Å². The molecule has 128 valence electrons. The number of carbonyl (C=O) groups is 2. The smallest absolute Gasteiger partial charge is 0.342 e. The fourth-order valence-corrected chi connectivity index (χ4v) is 2.83. The van der Waals surface area contributed by atoms with Crippen LogP contribution in [0.2, 0.25) is 0 Å². The number of hydrogen-bond donors (Lipinski definition) is 0. The Labute approximate surface area is 149 Å². The molecule has 0 unspecified atom stereocenters. The Hall–Kier alpha value is -2.08.